The van der Waals surface area contributed by atoms with E-state index in [4.69, 9.17) is 11.6 Å². The molecular formula is C24H21ClF2N6O2. The van der Waals surface area contributed by atoms with Gasteiger partial charge in [0, 0.05) is 24.4 Å². The SMILES string of the molecule is O=C(CCc1cccc(Cl)c1F)[C@@H]1C[C@@H](F)CN1C(=O)Cn1nc(-c2cnc[nH]2)c2ccncc21. The maximum Gasteiger partial charge on any atom is 0.245 e. The molecule has 0 aliphatic carbocycles. The van der Waals surface area contributed by atoms with Crippen LogP contribution >= 0.6 is 11.6 Å². The first-order valence-electron chi connectivity index (χ1n) is 11.1. The van der Waals surface area contributed by atoms with Gasteiger partial charge in [0.1, 0.15) is 24.2 Å². The molecule has 1 amide bonds. The average molecular weight is 499 g/mol. The van der Waals surface area contributed by atoms with Gasteiger partial charge in [-0.05, 0) is 24.1 Å². The summed E-state index contributed by atoms with van der Waals surface area (Å²) >= 11 is 5.81. The first kappa shape index (κ1) is 23.1. The van der Waals surface area contributed by atoms with Crippen LogP contribution in [-0.2, 0) is 22.6 Å². The fraction of sp³-hybridized carbons (Fsp3) is 0.292. The Labute approximate surface area is 203 Å². The summed E-state index contributed by atoms with van der Waals surface area (Å²) in [4.78, 5) is 38.6. The highest BCUT2D eigenvalue weighted by molar-refractivity contribution is 6.30. The Balaban J connectivity index is 1.34. The lowest BCUT2D eigenvalue weighted by Gasteiger charge is -2.23. The Morgan fingerprint density at radius 2 is 2.06 bits per heavy atom. The zero-order valence-electron chi connectivity index (χ0n) is 18.5. The van der Waals surface area contributed by atoms with Gasteiger partial charge in [-0.15, -0.1) is 0 Å². The van der Waals surface area contributed by atoms with Gasteiger partial charge in [0.05, 0.1) is 47.5 Å². The number of alkyl halides is 1. The van der Waals surface area contributed by atoms with Crippen LogP contribution in [0.25, 0.3) is 22.3 Å². The van der Waals surface area contributed by atoms with E-state index in [1.165, 1.54) is 22.0 Å². The number of hydrogen-bond donors (Lipinski definition) is 1. The van der Waals surface area contributed by atoms with Crippen molar-refractivity contribution in [1.29, 1.82) is 0 Å². The number of pyridine rings is 1. The van der Waals surface area contributed by atoms with Gasteiger partial charge >= 0.3 is 0 Å². The number of fused-ring (bicyclic) bond motifs is 1. The number of carbonyl (C=O) groups is 2. The molecule has 180 valence electrons. The van der Waals surface area contributed by atoms with Crippen molar-refractivity contribution in [2.45, 2.75) is 38.0 Å². The molecule has 1 saturated heterocycles. The molecule has 0 bridgehead atoms. The van der Waals surface area contributed by atoms with E-state index in [9.17, 15) is 18.4 Å². The van der Waals surface area contributed by atoms with Crippen LogP contribution in [0.1, 0.15) is 18.4 Å². The van der Waals surface area contributed by atoms with Gasteiger partial charge in [0.25, 0.3) is 0 Å². The second-order valence-electron chi connectivity index (χ2n) is 8.44. The molecule has 1 N–H and O–H groups in total. The highest BCUT2D eigenvalue weighted by atomic mass is 35.5. The number of imidazole rings is 1. The number of likely N-dealkylation sites (tertiary alicyclic amines) is 1. The van der Waals surface area contributed by atoms with Crippen molar-refractivity contribution in [3.63, 3.8) is 0 Å². The number of aromatic nitrogens is 5. The maximum absolute atomic E-state index is 14.3. The van der Waals surface area contributed by atoms with E-state index in [2.05, 4.69) is 20.1 Å². The Hall–Kier alpha value is -3.66. The number of nitrogens with zero attached hydrogens (tertiary/aromatic N) is 5. The molecule has 1 fully saturated rings. The molecule has 0 spiro atoms. The van der Waals surface area contributed by atoms with Crippen molar-refractivity contribution in [3.05, 3.63) is 65.6 Å². The molecule has 1 aliphatic heterocycles. The van der Waals surface area contributed by atoms with Crippen LogP contribution in [0.5, 0.6) is 0 Å². The lowest BCUT2D eigenvalue weighted by atomic mass is 10.0. The van der Waals surface area contributed by atoms with Gasteiger partial charge in [0.2, 0.25) is 5.91 Å². The summed E-state index contributed by atoms with van der Waals surface area (Å²) in [6.07, 6.45) is 5.07. The van der Waals surface area contributed by atoms with E-state index in [0.29, 0.717) is 22.5 Å². The predicted octanol–water partition coefficient (Wildman–Crippen LogP) is 3.75. The van der Waals surface area contributed by atoms with Gasteiger partial charge in [-0.2, -0.15) is 5.10 Å². The fourth-order valence-corrected chi connectivity index (χ4v) is 4.67. The number of nitrogens with one attached hydrogen (secondary N) is 1. The van der Waals surface area contributed by atoms with Crippen LogP contribution in [0.15, 0.2) is 49.2 Å². The summed E-state index contributed by atoms with van der Waals surface area (Å²) in [5.74, 6) is -1.32. The lowest BCUT2D eigenvalue weighted by Crippen LogP contribution is -2.42. The minimum absolute atomic E-state index is 0.0214. The third-order valence-electron chi connectivity index (χ3n) is 6.21. The number of ketones is 1. The molecule has 4 aromatic rings. The number of benzene rings is 1. The number of rotatable bonds is 7. The highest BCUT2D eigenvalue weighted by Crippen LogP contribution is 2.28. The van der Waals surface area contributed by atoms with Crippen LogP contribution in [0.2, 0.25) is 5.02 Å². The molecule has 4 heterocycles. The van der Waals surface area contributed by atoms with Crippen molar-refractivity contribution in [2.24, 2.45) is 0 Å². The summed E-state index contributed by atoms with van der Waals surface area (Å²) in [7, 11) is 0. The van der Waals surface area contributed by atoms with E-state index in [1.807, 2.05) is 0 Å². The fourth-order valence-electron chi connectivity index (χ4n) is 4.48. The standard InChI is InChI=1S/C24H21ClF2N6O2/c25-17-3-1-2-14(23(17)27)4-5-21(34)19-8-15(26)11-32(19)22(35)12-33-20-10-28-7-6-16(20)24(31-33)18-9-29-13-30-18/h1-3,6-7,9-10,13,15,19H,4-5,8,11-12H2,(H,29,30)/t15-,19+/m1/s1. The molecular weight excluding hydrogens is 478 g/mol. The second kappa shape index (κ2) is 9.53. The second-order valence-corrected chi connectivity index (χ2v) is 8.85. The normalized spacial score (nSPS) is 17.9. The third kappa shape index (κ3) is 4.53. The summed E-state index contributed by atoms with van der Waals surface area (Å²) in [5.41, 5.74) is 2.22. The zero-order chi connectivity index (χ0) is 24.5. The Bertz CT molecular complexity index is 1390. The molecule has 11 heteroatoms. The van der Waals surface area contributed by atoms with Crippen molar-refractivity contribution in [2.75, 3.05) is 6.54 Å². The van der Waals surface area contributed by atoms with Crippen LogP contribution < -0.4 is 0 Å². The minimum atomic E-state index is -1.31. The average Bonchev–Trinajstić information content (AvgIpc) is 3.59. The highest BCUT2D eigenvalue weighted by Gasteiger charge is 2.39. The molecule has 0 saturated carbocycles. The number of amides is 1. The van der Waals surface area contributed by atoms with Crippen LogP contribution in [0.3, 0.4) is 0 Å². The van der Waals surface area contributed by atoms with Crippen LogP contribution in [-0.4, -0.2) is 60.1 Å². The molecule has 0 radical (unpaired) electrons. The number of Topliss-reactive ketones (excluding diaryl/α,β-unsaturated/α-hetero) is 1. The van der Waals surface area contributed by atoms with E-state index in [0.717, 1.165) is 5.39 Å². The van der Waals surface area contributed by atoms with Gasteiger partial charge in [0.15, 0.2) is 5.78 Å². The Kier molecular flexibility index (Phi) is 6.29. The zero-order valence-corrected chi connectivity index (χ0v) is 19.3. The topological polar surface area (TPSA) is 96.8 Å². The van der Waals surface area contributed by atoms with Gasteiger partial charge in [-0.3, -0.25) is 19.3 Å². The number of halogens is 3. The Morgan fingerprint density at radius 3 is 2.86 bits per heavy atom. The number of carbonyl (C=O) groups excluding carboxylic acids is 2. The summed E-state index contributed by atoms with van der Waals surface area (Å²) < 4.78 is 30.0. The number of H-pyrrole nitrogens is 1. The molecule has 35 heavy (non-hydrogen) atoms. The van der Waals surface area contributed by atoms with E-state index >= 15 is 0 Å². The summed E-state index contributed by atoms with van der Waals surface area (Å²) in [6, 6.07) is 5.47. The molecule has 2 atom stereocenters. The number of hydrogen-bond acceptors (Lipinski definition) is 5. The number of aromatic amines is 1. The monoisotopic (exact) mass is 498 g/mol. The summed E-state index contributed by atoms with van der Waals surface area (Å²) in [6.45, 7) is -0.360. The van der Waals surface area contributed by atoms with Crippen molar-refractivity contribution >= 4 is 34.2 Å². The molecule has 5 rings (SSSR count). The van der Waals surface area contributed by atoms with E-state index < -0.39 is 23.9 Å². The maximum atomic E-state index is 14.3. The Morgan fingerprint density at radius 1 is 1.20 bits per heavy atom. The molecule has 0 unspecified atom stereocenters. The first-order valence-corrected chi connectivity index (χ1v) is 11.5. The third-order valence-corrected chi connectivity index (χ3v) is 6.50. The predicted molar refractivity (Wildman–Crippen MR) is 125 cm³/mol. The quantitative estimate of drug-likeness (QED) is 0.418. The summed E-state index contributed by atoms with van der Waals surface area (Å²) in [5, 5.41) is 5.31. The molecule has 1 aliphatic rings. The first-order chi connectivity index (χ1) is 16.9. The van der Waals surface area contributed by atoms with Crippen molar-refractivity contribution < 1.29 is 18.4 Å². The van der Waals surface area contributed by atoms with Crippen LogP contribution in [0, 0.1) is 5.82 Å². The van der Waals surface area contributed by atoms with Crippen LogP contribution in [0.4, 0.5) is 8.78 Å². The molecule has 1 aromatic carbocycles. The van der Waals surface area contributed by atoms with E-state index in [-0.39, 0.29) is 43.2 Å². The van der Waals surface area contributed by atoms with Gasteiger partial charge in [-0.1, -0.05) is 23.7 Å². The van der Waals surface area contributed by atoms with E-state index in [1.54, 1.807) is 36.8 Å². The molecule has 3 aromatic heterocycles. The van der Waals surface area contributed by atoms with Crippen molar-refractivity contribution in [1.82, 2.24) is 29.6 Å². The minimum Gasteiger partial charge on any atom is -0.343 e. The largest absolute Gasteiger partial charge is 0.343 e. The number of aryl methyl sites for hydroxylation is 1. The van der Waals surface area contributed by atoms with Gasteiger partial charge < -0.3 is 9.88 Å². The van der Waals surface area contributed by atoms with Gasteiger partial charge in [-0.25, -0.2) is 13.8 Å². The lowest BCUT2D eigenvalue weighted by molar-refractivity contribution is -0.138. The van der Waals surface area contributed by atoms with Crippen molar-refractivity contribution in [3.8, 4) is 11.4 Å². The molecule has 8 nitrogen and oxygen atoms in total. The smallest absolute Gasteiger partial charge is 0.245 e.